The summed E-state index contributed by atoms with van der Waals surface area (Å²) in [7, 11) is -0.877. The van der Waals surface area contributed by atoms with Crippen molar-refractivity contribution in [3.8, 4) is 0 Å². The fraction of sp³-hybridized carbons (Fsp3) is 0.900. The van der Waals surface area contributed by atoms with Crippen LogP contribution >= 0.6 is 7.60 Å². The third kappa shape index (κ3) is 3.98. The zero-order valence-corrected chi connectivity index (χ0v) is 11.3. The summed E-state index contributed by atoms with van der Waals surface area (Å²) in [6.07, 6.45) is 2.50. The molecule has 96 valence electrons. The zero-order chi connectivity index (χ0) is 12.8. The molecule has 0 radical (unpaired) electrons. The van der Waals surface area contributed by atoms with Gasteiger partial charge in [-0.2, -0.15) is 0 Å². The molecule has 0 bridgehead atoms. The van der Waals surface area contributed by atoms with Gasteiger partial charge in [0.2, 0.25) is 0 Å². The van der Waals surface area contributed by atoms with E-state index in [1.54, 1.807) is 0 Å². The van der Waals surface area contributed by atoms with Gasteiger partial charge in [0.1, 0.15) is 11.4 Å². The quantitative estimate of drug-likeness (QED) is 0.667. The van der Waals surface area contributed by atoms with Gasteiger partial charge in [-0.25, -0.2) is 0 Å². The first-order valence-corrected chi connectivity index (χ1v) is 7.01. The van der Waals surface area contributed by atoms with Crippen molar-refractivity contribution in [2.45, 2.75) is 44.8 Å². The highest BCUT2D eigenvalue weighted by atomic mass is 31.2. The molecular weight excluding hydrogens is 229 g/mol. The molecule has 2 unspecified atom stereocenters. The second kappa shape index (κ2) is 7.17. The Bertz CT molecular complexity index is 262. The van der Waals surface area contributed by atoms with Crippen LogP contribution in [0, 0.1) is 0 Å². The predicted molar refractivity (Wildman–Crippen MR) is 63.6 cm³/mol. The number of unbranched alkanes of at least 4 members (excludes halogenated alkanes) is 1. The lowest BCUT2D eigenvalue weighted by molar-refractivity contribution is -0.117. The van der Waals surface area contributed by atoms with Crippen LogP contribution in [-0.4, -0.2) is 31.7 Å². The number of hydrogen-bond acceptors (Lipinski definition) is 5. The highest BCUT2D eigenvalue weighted by Gasteiger charge is 2.41. The summed E-state index contributed by atoms with van der Waals surface area (Å²) in [5.74, 6) is -0.254. The molecule has 0 fully saturated rings. The fourth-order valence-electron chi connectivity index (χ4n) is 1.66. The standard InChI is InChI=1S/C10H22NO4P/c1-5-6-7-9(11)10(8(2)12)16(13,14-3)15-4/h9-10H,5-7,11H2,1-4H3. The molecule has 0 rings (SSSR count). The summed E-state index contributed by atoms with van der Waals surface area (Å²) in [6, 6.07) is -0.483. The van der Waals surface area contributed by atoms with Crippen molar-refractivity contribution >= 4 is 13.4 Å². The van der Waals surface area contributed by atoms with Crippen molar-refractivity contribution < 1.29 is 18.4 Å². The molecule has 0 saturated carbocycles. The second-order valence-electron chi connectivity index (χ2n) is 3.77. The monoisotopic (exact) mass is 251 g/mol. The Morgan fingerprint density at radius 2 is 1.88 bits per heavy atom. The lowest BCUT2D eigenvalue weighted by Crippen LogP contribution is -2.40. The molecule has 0 aromatic heterocycles. The van der Waals surface area contributed by atoms with Crippen molar-refractivity contribution in [3.05, 3.63) is 0 Å². The smallest absolute Gasteiger partial charge is 0.326 e. The Morgan fingerprint density at radius 1 is 1.38 bits per heavy atom. The van der Waals surface area contributed by atoms with Crippen LogP contribution in [-0.2, 0) is 18.4 Å². The first-order valence-electron chi connectivity index (χ1n) is 5.40. The van der Waals surface area contributed by atoms with Crippen molar-refractivity contribution in [1.29, 1.82) is 0 Å². The van der Waals surface area contributed by atoms with E-state index in [1.807, 2.05) is 6.92 Å². The number of rotatable bonds is 8. The molecule has 0 aliphatic rings. The molecule has 0 spiro atoms. The minimum Gasteiger partial charge on any atom is -0.326 e. The zero-order valence-electron chi connectivity index (χ0n) is 10.4. The maximum Gasteiger partial charge on any atom is 0.342 e. The van der Waals surface area contributed by atoms with Crippen LogP contribution in [0.1, 0.15) is 33.1 Å². The van der Waals surface area contributed by atoms with Gasteiger partial charge in [0, 0.05) is 20.3 Å². The molecule has 6 heteroatoms. The van der Waals surface area contributed by atoms with E-state index in [9.17, 15) is 9.36 Å². The van der Waals surface area contributed by atoms with Gasteiger partial charge in [-0.1, -0.05) is 19.8 Å². The summed E-state index contributed by atoms with van der Waals surface area (Å²) in [6.45, 7) is 3.39. The Morgan fingerprint density at radius 3 is 2.19 bits per heavy atom. The van der Waals surface area contributed by atoms with Crippen LogP contribution in [0.15, 0.2) is 0 Å². The van der Waals surface area contributed by atoms with Crippen molar-refractivity contribution in [2.24, 2.45) is 5.73 Å². The third-order valence-corrected chi connectivity index (χ3v) is 5.01. The van der Waals surface area contributed by atoms with Crippen LogP contribution in [0.25, 0.3) is 0 Å². The molecule has 0 aromatic carbocycles. The number of hydrogen-bond donors (Lipinski definition) is 1. The van der Waals surface area contributed by atoms with Crippen LogP contribution in [0.3, 0.4) is 0 Å². The highest BCUT2D eigenvalue weighted by Crippen LogP contribution is 2.53. The van der Waals surface area contributed by atoms with E-state index in [4.69, 9.17) is 14.8 Å². The Kier molecular flexibility index (Phi) is 7.07. The minimum atomic E-state index is -3.42. The molecule has 0 heterocycles. The van der Waals surface area contributed by atoms with Crippen LogP contribution in [0.4, 0.5) is 0 Å². The number of Topliss-reactive ketones (excluding diaryl/α,β-unsaturated/α-hetero) is 1. The lowest BCUT2D eigenvalue weighted by atomic mass is 10.1. The SMILES string of the molecule is CCCCC(N)C(C(C)=O)P(=O)(OC)OC. The number of nitrogens with two attached hydrogens (primary N) is 1. The Hall–Kier alpha value is -0.220. The Labute approximate surface area is 97.2 Å². The summed E-state index contributed by atoms with van der Waals surface area (Å²) in [5.41, 5.74) is 5.02. The Balaban J connectivity index is 4.85. The predicted octanol–water partition coefficient (Wildman–Crippen LogP) is 1.95. The molecule has 2 N–H and O–H groups in total. The van der Waals surface area contributed by atoms with Crippen LogP contribution < -0.4 is 5.73 Å². The molecule has 0 aliphatic carbocycles. The number of ketones is 1. The number of carbonyl (C=O) groups is 1. The average Bonchev–Trinajstić information content (AvgIpc) is 2.25. The molecule has 5 nitrogen and oxygen atoms in total. The van der Waals surface area contributed by atoms with Gasteiger partial charge in [-0.3, -0.25) is 9.36 Å². The molecular formula is C10H22NO4P. The van der Waals surface area contributed by atoms with Gasteiger partial charge >= 0.3 is 7.60 Å². The van der Waals surface area contributed by atoms with E-state index < -0.39 is 19.3 Å². The maximum absolute atomic E-state index is 12.2. The van der Waals surface area contributed by atoms with Gasteiger partial charge in [-0.05, 0) is 13.3 Å². The normalized spacial score (nSPS) is 15.8. The number of carbonyl (C=O) groups excluding carboxylic acids is 1. The summed E-state index contributed by atoms with van der Waals surface area (Å²) >= 11 is 0. The average molecular weight is 251 g/mol. The molecule has 0 amide bonds. The topological polar surface area (TPSA) is 78.6 Å². The van der Waals surface area contributed by atoms with E-state index in [-0.39, 0.29) is 5.78 Å². The third-order valence-electron chi connectivity index (χ3n) is 2.56. The van der Waals surface area contributed by atoms with Gasteiger partial charge in [0.15, 0.2) is 0 Å². The summed E-state index contributed by atoms with van der Waals surface area (Å²) in [4.78, 5) is 11.5. The second-order valence-corrected chi connectivity index (χ2v) is 6.13. The van der Waals surface area contributed by atoms with Crippen LogP contribution in [0.2, 0.25) is 0 Å². The van der Waals surface area contributed by atoms with Gasteiger partial charge in [-0.15, -0.1) is 0 Å². The lowest BCUT2D eigenvalue weighted by Gasteiger charge is -2.27. The summed E-state index contributed by atoms with van der Waals surface area (Å²) < 4.78 is 21.8. The van der Waals surface area contributed by atoms with Gasteiger partial charge < -0.3 is 14.8 Å². The van der Waals surface area contributed by atoms with Crippen molar-refractivity contribution in [1.82, 2.24) is 0 Å². The highest BCUT2D eigenvalue weighted by molar-refractivity contribution is 7.55. The first-order chi connectivity index (χ1) is 7.42. The van der Waals surface area contributed by atoms with E-state index in [0.717, 1.165) is 12.8 Å². The van der Waals surface area contributed by atoms with Gasteiger partial charge in [0.05, 0.1) is 0 Å². The van der Waals surface area contributed by atoms with Crippen molar-refractivity contribution in [3.63, 3.8) is 0 Å². The van der Waals surface area contributed by atoms with E-state index >= 15 is 0 Å². The minimum absolute atomic E-state index is 0.254. The molecule has 0 saturated heterocycles. The fourth-order valence-corrected chi connectivity index (χ4v) is 3.32. The van der Waals surface area contributed by atoms with E-state index in [0.29, 0.717) is 6.42 Å². The summed E-state index contributed by atoms with van der Waals surface area (Å²) in [5, 5.41) is 0. The van der Waals surface area contributed by atoms with Gasteiger partial charge in [0.25, 0.3) is 0 Å². The van der Waals surface area contributed by atoms with E-state index in [1.165, 1.54) is 21.1 Å². The maximum atomic E-state index is 12.2. The molecule has 0 aromatic rings. The van der Waals surface area contributed by atoms with E-state index in [2.05, 4.69) is 0 Å². The molecule has 16 heavy (non-hydrogen) atoms. The van der Waals surface area contributed by atoms with Crippen molar-refractivity contribution in [2.75, 3.05) is 14.2 Å². The van der Waals surface area contributed by atoms with Crippen LogP contribution in [0.5, 0.6) is 0 Å². The molecule has 0 aliphatic heterocycles. The first kappa shape index (κ1) is 15.8. The largest absolute Gasteiger partial charge is 0.342 e. The molecule has 2 atom stereocenters.